The van der Waals surface area contributed by atoms with Crippen molar-refractivity contribution >= 4 is 33.0 Å². The van der Waals surface area contributed by atoms with Gasteiger partial charge in [0.15, 0.2) is 9.84 Å². The summed E-state index contributed by atoms with van der Waals surface area (Å²) in [5, 5.41) is 3.43. The van der Waals surface area contributed by atoms with Crippen LogP contribution in [0.5, 0.6) is 0 Å². The first kappa shape index (κ1) is 18.5. The molecule has 0 aliphatic heterocycles. The van der Waals surface area contributed by atoms with Gasteiger partial charge in [0.1, 0.15) is 0 Å². The lowest BCUT2D eigenvalue weighted by Crippen LogP contribution is -2.25. The second kappa shape index (κ2) is 7.36. The van der Waals surface area contributed by atoms with Gasteiger partial charge >= 0.3 is 0 Å². The fourth-order valence-corrected chi connectivity index (χ4v) is 3.33. The van der Waals surface area contributed by atoms with Gasteiger partial charge in [-0.05, 0) is 41.8 Å². The number of halogens is 1. The van der Waals surface area contributed by atoms with Crippen molar-refractivity contribution in [2.45, 2.75) is 24.7 Å². The molecule has 2 rings (SSSR count). The molecule has 2 aromatic carbocycles. The summed E-state index contributed by atoms with van der Waals surface area (Å²) in [7, 11) is -3.32. The molecule has 0 heterocycles. The second-order valence-corrected chi connectivity index (χ2v) is 8.51. The van der Waals surface area contributed by atoms with Crippen LogP contribution in [0.2, 0.25) is 5.02 Å². The van der Waals surface area contributed by atoms with Crippen LogP contribution in [0.1, 0.15) is 25.3 Å². The Balaban J connectivity index is 2.27. The molecule has 0 aliphatic carbocycles. The standard InChI is InChI=1S/C18H20ClNO3S/c1-12(2)17(13-7-9-14(19)10-8-13)18(21)20-15-5-4-6-16(11-15)24(3,22)23/h4-12,17H,1-3H3,(H,20,21)/t17-/m0/s1. The number of sulfone groups is 1. The van der Waals surface area contributed by atoms with Crippen LogP contribution in [0, 0.1) is 5.92 Å². The fourth-order valence-electron chi connectivity index (χ4n) is 2.53. The Hall–Kier alpha value is -1.85. The van der Waals surface area contributed by atoms with Crippen LogP contribution in [0.15, 0.2) is 53.4 Å². The third kappa shape index (κ3) is 4.58. The lowest BCUT2D eigenvalue weighted by Gasteiger charge is -2.21. The molecule has 24 heavy (non-hydrogen) atoms. The highest BCUT2D eigenvalue weighted by Gasteiger charge is 2.24. The molecule has 1 atom stereocenters. The van der Waals surface area contributed by atoms with E-state index >= 15 is 0 Å². The zero-order chi connectivity index (χ0) is 17.9. The van der Waals surface area contributed by atoms with Crippen molar-refractivity contribution in [2.24, 2.45) is 5.92 Å². The monoisotopic (exact) mass is 365 g/mol. The molecule has 0 unspecified atom stereocenters. The predicted octanol–water partition coefficient (Wildman–Crippen LogP) is 4.12. The van der Waals surface area contributed by atoms with Gasteiger partial charge in [-0.25, -0.2) is 8.42 Å². The highest BCUT2D eigenvalue weighted by Crippen LogP contribution is 2.27. The summed E-state index contributed by atoms with van der Waals surface area (Å²) < 4.78 is 23.3. The Bertz CT molecular complexity index is 830. The SMILES string of the molecule is CC(C)[C@H](C(=O)Nc1cccc(S(C)(=O)=O)c1)c1ccc(Cl)cc1. The molecule has 0 aromatic heterocycles. The lowest BCUT2D eigenvalue weighted by molar-refractivity contribution is -0.118. The Morgan fingerprint density at radius 3 is 2.25 bits per heavy atom. The predicted molar refractivity (Wildman–Crippen MR) is 97.2 cm³/mol. The average molecular weight is 366 g/mol. The Labute approximate surface area is 147 Å². The minimum absolute atomic E-state index is 0.0734. The maximum absolute atomic E-state index is 12.7. The fraction of sp³-hybridized carbons (Fsp3) is 0.278. The van der Waals surface area contributed by atoms with Crippen LogP contribution < -0.4 is 5.32 Å². The largest absolute Gasteiger partial charge is 0.326 e. The Morgan fingerprint density at radius 2 is 1.71 bits per heavy atom. The van der Waals surface area contributed by atoms with E-state index in [2.05, 4.69) is 5.32 Å². The van der Waals surface area contributed by atoms with Crippen molar-refractivity contribution < 1.29 is 13.2 Å². The molecule has 0 saturated carbocycles. The van der Waals surface area contributed by atoms with Gasteiger partial charge in [-0.3, -0.25) is 4.79 Å². The van der Waals surface area contributed by atoms with Gasteiger partial charge < -0.3 is 5.32 Å². The van der Waals surface area contributed by atoms with Crippen LogP contribution in [0.25, 0.3) is 0 Å². The van der Waals surface area contributed by atoms with Gasteiger partial charge in [0.25, 0.3) is 0 Å². The second-order valence-electron chi connectivity index (χ2n) is 6.06. The molecule has 0 radical (unpaired) electrons. The molecule has 1 N–H and O–H groups in total. The number of hydrogen-bond donors (Lipinski definition) is 1. The molecule has 128 valence electrons. The molecular weight excluding hydrogens is 346 g/mol. The van der Waals surface area contributed by atoms with Gasteiger partial charge in [-0.1, -0.05) is 43.6 Å². The van der Waals surface area contributed by atoms with Crippen molar-refractivity contribution in [3.05, 3.63) is 59.1 Å². The summed E-state index contributed by atoms with van der Waals surface area (Å²) in [5.74, 6) is -0.466. The summed E-state index contributed by atoms with van der Waals surface area (Å²) in [4.78, 5) is 12.9. The molecule has 6 heteroatoms. The number of amides is 1. The molecule has 4 nitrogen and oxygen atoms in total. The summed E-state index contributed by atoms with van der Waals surface area (Å²) in [6.07, 6.45) is 1.14. The van der Waals surface area contributed by atoms with Crippen LogP contribution in [-0.4, -0.2) is 20.6 Å². The van der Waals surface area contributed by atoms with E-state index in [0.717, 1.165) is 11.8 Å². The summed E-state index contributed by atoms with van der Waals surface area (Å²) in [6, 6.07) is 13.4. The zero-order valence-electron chi connectivity index (χ0n) is 13.8. The maximum Gasteiger partial charge on any atom is 0.232 e. The zero-order valence-corrected chi connectivity index (χ0v) is 15.4. The number of anilines is 1. The van der Waals surface area contributed by atoms with Crippen LogP contribution in [0.3, 0.4) is 0 Å². The molecule has 0 saturated heterocycles. The molecule has 0 spiro atoms. The average Bonchev–Trinajstić information content (AvgIpc) is 2.48. The third-order valence-corrected chi connectivity index (χ3v) is 5.07. The van der Waals surface area contributed by atoms with Crippen molar-refractivity contribution in [1.82, 2.24) is 0 Å². The molecule has 1 amide bonds. The van der Waals surface area contributed by atoms with E-state index in [1.165, 1.54) is 12.1 Å². The van der Waals surface area contributed by atoms with E-state index in [4.69, 9.17) is 11.6 Å². The first-order valence-electron chi connectivity index (χ1n) is 7.55. The minimum Gasteiger partial charge on any atom is -0.326 e. The van der Waals surface area contributed by atoms with E-state index < -0.39 is 9.84 Å². The van der Waals surface area contributed by atoms with Gasteiger partial charge in [-0.15, -0.1) is 0 Å². The number of carbonyl (C=O) groups is 1. The molecule has 0 fully saturated rings. The van der Waals surface area contributed by atoms with Crippen molar-refractivity contribution in [3.8, 4) is 0 Å². The highest BCUT2D eigenvalue weighted by atomic mass is 35.5. The van der Waals surface area contributed by atoms with E-state index in [9.17, 15) is 13.2 Å². The Kier molecular flexibility index (Phi) is 5.67. The van der Waals surface area contributed by atoms with Crippen molar-refractivity contribution in [3.63, 3.8) is 0 Å². The molecule has 2 aromatic rings. The third-order valence-electron chi connectivity index (χ3n) is 3.71. The highest BCUT2D eigenvalue weighted by molar-refractivity contribution is 7.90. The van der Waals surface area contributed by atoms with Gasteiger partial charge in [-0.2, -0.15) is 0 Å². The number of benzene rings is 2. The van der Waals surface area contributed by atoms with Crippen LogP contribution in [-0.2, 0) is 14.6 Å². The summed E-state index contributed by atoms with van der Waals surface area (Å²) >= 11 is 5.91. The summed E-state index contributed by atoms with van der Waals surface area (Å²) in [6.45, 7) is 3.93. The van der Waals surface area contributed by atoms with E-state index in [-0.39, 0.29) is 22.6 Å². The maximum atomic E-state index is 12.7. The molecular formula is C18H20ClNO3S. The molecule has 0 aliphatic rings. The summed E-state index contributed by atoms with van der Waals surface area (Å²) in [5.41, 5.74) is 1.33. The lowest BCUT2D eigenvalue weighted by atomic mass is 9.87. The van der Waals surface area contributed by atoms with E-state index in [1.807, 2.05) is 26.0 Å². The van der Waals surface area contributed by atoms with Gasteiger partial charge in [0.05, 0.1) is 10.8 Å². The Morgan fingerprint density at radius 1 is 1.08 bits per heavy atom. The molecule has 0 bridgehead atoms. The van der Waals surface area contributed by atoms with Gasteiger partial charge in [0.2, 0.25) is 5.91 Å². The van der Waals surface area contributed by atoms with E-state index in [0.29, 0.717) is 10.7 Å². The van der Waals surface area contributed by atoms with Crippen molar-refractivity contribution in [2.75, 3.05) is 11.6 Å². The van der Waals surface area contributed by atoms with Crippen LogP contribution in [0.4, 0.5) is 5.69 Å². The van der Waals surface area contributed by atoms with Gasteiger partial charge in [0, 0.05) is 17.0 Å². The smallest absolute Gasteiger partial charge is 0.232 e. The normalized spacial score (nSPS) is 12.9. The number of rotatable bonds is 5. The minimum atomic E-state index is -3.32. The number of hydrogen-bond acceptors (Lipinski definition) is 3. The topological polar surface area (TPSA) is 63.2 Å². The van der Waals surface area contributed by atoms with Crippen LogP contribution >= 0.6 is 11.6 Å². The quantitative estimate of drug-likeness (QED) is 0.866. The first-order valence-corrected chi connectivity index (χ1v) is 9.82. The number of nitrogens with one attached hydrogen (secondary N) is 1. The number of carbonyl (C=O) groups excluding carboxylic acids is 1. The van der Waals surface area contributed by atoms with E-state index in [1.54, 1.807) is 24.3 Å². The van der Waals surface area contributed by atoms with Crippen molar-refractivity contribution in [1.29, 1.82) is 0 Å². The first-order chi connectivity index (χ1) is 11.2.